The summed E-state index contributed by atoms with van der Waals surface area (Å²) in [5, 5.41) is 29.4. The van der Waals surface area contributed by atoms with Crippen molar-refractivity contribution < 1.29 is 20.1 Å². The minimum atomic E-state index is -2.05. The summed E-state index contributed by atoms with van der Waals surface area (Å²) >= 11 is 0. The fourth-order valence-corrected chi connectivity index (χ4v) is 2.49. The zero-order valence-corrected chi connectivity index (χ0v) is 13.2. The molecular weight excluding hydrogens is 268 g/mol. The lowest BCUT2D eigenvalue weighted by molar-refractivity contribution is -0.235. The van der Waals surface area contributed by atoms with Crippen LogP contribution in [0.5, 0.6) is 0 Å². The number of aliphatic hydroxyl groups is 3. The third kappa shape index (κ3) is 6.36. The zero-order valence-electron chi connectivity index (χ0n) is 13.2. The SMILES string of the molecule is CCCCOCCCCCCC#C[C@@]1(O)CCCC1(O)O. The minimum absolute atomic E-state index is 0.191. The average molecular weight is 298 g/mol. The molecule has 122 valence electrons. The van der Waals surface area contributed by atoms with Crippen LogP contribution in [0.1, 0.15) is 71.1 Å². The smallest absolute Gasteiger partial charge is 0.204 e. The predicted molar refractivity (Wildman–Crippen MR) is 82.6 cm³/mol. The number of rotatable bonds is 9. The van der Waals surface area contributed by atoms with Crippen LogP contribution in [0.25, 0.3) is 0 Å². The molecule has 0 aromatic rings. The lowest BCUT2D eigenvalue weighted by atomic mass is 9.97. The summed E-state index contributed by atoms with van der Waals surface area (Å²) in [4.78, 5) is 0. The maximum atomic E-state index is 10.1. The van der Waals surface area contributed by atoms with Gasteiger partial charge in [0.15, 0.2) is 5.60 Å². The Hall–Kier alpha value is -0.600. The third-order valence-electron chi connectivity index (χ3n) is 4.00. The largest absolute Gasteiger partial charge is 0.381 e. The Morgan fingerprint density at radius 2 is 1.67 bits per heavy atom. The van der Waals surface area contributed by atoms with E-state index in [4.69, 9.17) is 4.74 Å². The first-order chi connectivity index (χ1) is 10.0. The van der Waals surface area contributed by atoms with Crippen molar-refractivity contribution in [2.45, 2.75) is 82.5 Å². The highest BCUT2D eigenvalue weighted by molar-refractivity contribution is 5.21. The third-order valence-corrected chi connectivity index (χ3v) is 4.00. The molecule has 0 aliphatic heterocycles. The molecule has 4 heteroatoms. The fourth-order valence-electron chi connectivity index (χ4n) is 2.49. The van der Waals surface area contributed by atoms with E-state index >= 15 is 0 Å². The lowest BCUT2D eigenvalue weighted by Crippen LogP contribution is -2.48. The van der Waals surface area contributed by atoms with Gasteiger partial charge in [-0.3, -0.25) is 0 Å². The predicted octanol–water partition coefficient (Wildman–Crippen LogP) is 2.35. The maximum absolute atomic E-state index is 10.1. The highest BCUT2D eigenvalue weighted by Gasteiger charge is 2.51. The molecular formula is C17H30O4. The van der Waals surface area contributed by atoms with Gasteiger partial charge in [-0.15, -0.1) is 5.92 Å². The van der Waals surface area contributed by atoms with Crippen molar-refractivity contribution in [3.63, 3.8) is 0 Å². The van der Waals surface area contributed by atoms with Crippen molar-refractivity contribution in [2.24, 2.45) is 0 Å². The van der Waals surface area contributed by atoms with E-state index in [-0.39, 0.29) is 6.42 Å². The maximum Gasteiger partial charge on any atom is 0.204 e. The summed E-state index contributed by atoms with van der Waals surface area (Å²) in [5.41, 5.74) is -1.64. The van der Waals surface area contributed by atoms with Crippen molar-refractivity contribution in [3.8, 4) is 11.8 Å². The first kappa shape index (κ1) is 18.4. The Labute approximate surface area is 128 Å². The van der Waals surface area contributed by atoms with E-state index in [2.05, 4.69) is 18.8 Å². The van der Waals surface area contributed by atoms with E-state index in [9.17, 15) is 15.3 Å². The molecule has 1 atom stereocenters. The van der Waals surface area contributed by atoms with Crippen LogP contribution in [0.15, 0.2) is 0 Å². The molecule has 0 amide bonds. The van der Waals surface area contributed by atoms with E-state index in [1.165, 1.54) is 6.42 Å². The normalized spacial score (nSPS) is 23.8. The molecule has 21 heavy (non-hydrogen) atoms. The van der Waals surface area contributed by atoms with Crippen LogP contribution in [-0.4, -0.2) is 39.9 Å². The quantitative estimate of drug-likeness (QED) is 0.347. The second-order valence-corrected chi connectivity index (χ2v) is 5.96. The summed E-state index contributed by atoms with van der Waals surface area (Å²) in [6.45, 7) is 3.86. The number of ether oxygens (including phenoxy) is 1. The van der Waals surface area contributed by atoms with E-state index in [1.807, 2.05) is 0 Å². The molecule has 1 saturated carbocycles. The van der Waals surface area contributed by atoms with Gasteiger partial charge in [0.05, 0.1) is 0 Å². The van der Waals surface area contributed by atoms with Crippen molar-refractivity contribution in [1.82, 2.24) is 0 Å². The van der Waals surface area contributed by atoms with Crippen LogP contribution < -0.4 is 0 Å². The van der Waals surface area contributed by atoms with Gasteiger partial charge in [0, 0.05) is 26.1 Å². The summed E-state index contributed by atoms with van der Waals surface area (Å²) in [6, 6.07) is 0. The highest BCUT2D eigenvalue weighted by Crippen LogP contribution is 2.36. The van der Waals surface area contributed by atoms with Crippen LogP contribution in [0, 0.1) is 11.8 Å². The fraction of sp³-hybridized carbons (Fsp3) is 0.882. The highest BCUT2D eigenvalue weighted by atomic mass is 16.5. The van der Waals surface area contributed by atoms with Crippen LogP contribution >= 0.6 is 0 Å². The Morgan fingerprint density at radius 1 is 0.952 bits per heavy atom. The summed E-state index contributed by atoms with van der Waals surface area (Å²) in [6.07, 6.45) is 8.39. The van der Waals surface area contributed by atoms with Crippen LogP contribution in [0.3, 0.4) is 0 Å². The van der Waals surface area contributed by atoms with Crippen LogP contribution in [0.4, 0.5) is 0 Å². The standard InChI is InChI=1S/C17H30O4/c1-2-3-14-21-15-9-7-5-4-6-8-11-16(18)12-10-13-17(16,19)20/h18-20H,2-7,9-10,12-15H2,1H3/t16-/m1/s1. The number of hydrogen-bond donors (Lipinski definition) is 3. The van der Waals surface area contributed by atoms with Crippen molar-refractivity contribution in [2.75, 3.05) is 13.2 Å². The molecule has 0 bridgehead atoms. The Bertz CT molecular complexity index is 342. The molecule has 1 aliphatic carbocycles. The van der Waals surface area contributed by atoms with Crippen molar-refractivity contribution in [3.05, 3.63) is 0 Å². The molecule has 0 unspecified atom stereocenters. The van der Waals surface area contributed by atoms with Crippen molar-refractivity contribution in [1.29, 1.82) is 0 Å². The summed E-state index contributed by atoms with van der Waals surface area (Å²) < 4.78 is 5.49. The molecule has 0 saturated heterocycles. The van der Waals surface area contributed by atoms with Gasteiger partial charge in [0.1, 0.15) is 0 Å². The van der Waals surface area contributed by atoms with Gasteiger partial charge in [-0.05, 0) is 32.1 Å². The van der Waals surface area contributed by atoms with E-state index in [0.717, 1.165) is 45.3 Å². The van der Waals surface area contributed by atoms with Gasteiger partial charge in [0.25, 0.3) is 0 Å². The molecule has 1 fully saturated rings. The first-order valence-electron chi connectivity index (χ1n) is 8.27. The Morgan fingerprint density at radius 3 is 2.33 bits per heavy atom. The molecule has 0 heterocycles. The van der Waals surface area contributed by atoms with Crippen molar-refractivity contribution >= 4 is 0 Å². The van der Waals surface area contributed by atoms with Gasteiger partial charge in [-0.2, -0.15) is 0 Å². The molecule has 0 aromatic carbocycles. The Kier molecular flexibility index (Phi) is 8.28. The summed E-state index contributed by atoms with van der Waals surface area (Å²) in [5.74, 6) is 3.50. The second-order valence-electron chi connectivity index (χ2n) is 5.96. The molecule has 0 spiro atoms. The minimum Gasteiger partial charge on any atom is -0.381 e. The molecule has 4 nitrogen and oxygen atoms in total. The zero-order chi connectivity index (χ0) is 15.6. The molecule has 0 aromatic heterocycles. The number of unbranched alkanes of at least 4 members (excludes halogenated alkanes) is 5. The van der Waals surface area contributed by atoms with Gasteiger partial charge >= 0.3 is 0 Å². The van der Waals surface area contributed by atoms with E-state index < -0.39 is 11.4 Å². The van der Waals surface area contributed by atoms with Gasteiger partial charge in [-0.1, -0.05) is 32.1 Å². The van der Waals surface area contributed by atoms with Crippen LogP contribution in [0.2, 0.25) is 0 Å². The molecule has 1 aliphatic rings. The Balaban J connectivity index is 2.04. The second kappa shape index (κ2) is 9.42. The van der Waals surface area contributed by atoms with Crippen LogP contribution in [-0.2, 0) is 4.74 Å². The van der Waals surface area contributed by atoms with E-state index in [1.54, 1.807) is 0 Å². The van der Waals surface area contributed by atoms with E-state index in [0.29, 0.717) is 19.3 Å². The topological polar surface area (TPSA) is 69.9 Å². The number of hydrogen-bond acceptors (Lipinski definition) is 4. The summed E-state index contributed by atoms with van der Waals surface area (Å²) in [7, 11) is 0. The lowest BCUT2D eigenvalue weighted by Gasteiger charge is -2.28. The molecule has 0 radical (unpaired) electrons. The van der Waals surface area contributed by atoms with Gasteiger partial charge in [-0.25, -0.2) is 0 Å². The van der Waals surface area contributed by atoms with Gasteiger partial charge < -0.3 is 20.1 Å². The monoisotopic (exact) mass is 298 g/mol. The first-order valence-corrected chi connectivity index (χ1v) is 8.27. The molecule has 1 rings (SSSR count). The average Bonchev–Trinajstić information content (AvgIpc) is 2.70. The molecule has 3 N–H and O–H groups in total. The van der Waals surface area contributed by atoms with Gasteiger partial charge in [0.2, 0.25) is 5.79 Å².